The predicted molar refractivity (Wildman–Crippen MR) is 82.1 cm³/mol. The van der Waals surface area contributed by atoms with E-state index in [1.165, 1.54) is 7.11 Å². The average Bonchev–Trinajstić information content (AvgIpc) is 3.03. The molecule has 2 atom stereocenters. The Kier molecular flexibility index (Phi) is 5.72. The van der Waals surface area contributed by atoms with Crippen molar-refractivity contribution < 1.29 is 14.6 Å². The summed E-state index contributed by atoms with van der Waals surface area (Å²) in [6.45, 7) is 5.51. The standard InChI is InChI=1S/C15H24N2O3S/c1-10(2)4-5-14-16-11(9-21-14)7-17-8-12(18)6-13(17)15(19)20-3/h9-10,12-13,18H,4-8H2,1-3H3/t12-,13+/m1/s1. The molecule has 1 aromatic heterocycles. The maximum Gasteiger partial charge on any atom is 0.323 e. The summed E-state index contributed by atoms with van der Waals surface area (Å²) in [7, 11) is 1.39. The average molecular weight is 312 g/mol. The molecule has 1 aromatic rings. The van der Waals surface area contributed by atoms with Crippen LogP contribution in [-0.4, -0.2) is 46.8 Å². The van der Waals surface area contributed by atoms with Gasteiger partial charge in [0.05, 0.1) is 23.9 Å². The number of likely N-dealkylation sites (tertiary alicyclic amines) is 1. The van der Waals surface area contributed by atoms with E-state index >= 15 is 0 Å². The summed E-state index contributed by atoms with van der Waals surface area (Å²) in [5, 5.41) is 13.0. The van der Waals surface area contributed by atoms with Crippen molar-refractivity contribution in [1.29, 1.82) is 0 Å². The molecule has 2 heterocycles. The van der Waals surface area contributed by atoms with Gasteiger partial charge in [-0.2, -0.15) is 0 Å². The van der Waals surface area contributed by atoms with Gasteiger partial charge in [-0.05, 0) is 18.8 Å². The molecule has 0 unspecified atom stereocenters. The molecule has 0 bridgehead atoms. The van der Waals surface area contributed by atoms with Crippen LogP contribution < -0.4 is 0 Å². The van der Waals surface area contributed by atoms with Crippen LogP contribution in [0.15, 0.2) is 5.38 Å². The van der Waals surface area contributed by atoms with E-state index in [9.17, 15) is 9.90 Å². The number of carbonyl (C=O) groups excluding carboxylic acids is 1. The number of ether oxygens (including phenoxy) is 1. The molecule has 1 fully saturated rings. The number of hydrogen-bond acceptors (Lipinski definition) is 6. The fraction of sp³-hybridized carbons (Fsp3) is 0.733. The lowest BCUT2D eigenvalue weighted by atomic mass is 10.1. The van der Waals surface area contributed by atoms with E-state index in [1.54, 1.807) is 11.3 Å². The SMILES string of the molecule is COC(=O)[C@@H]1C[C@@H](O)CN1Cc1csc(CCC(C)C)n1. The summed E-state index contributed by atoms with van der Waals surface area (Å²) in [6, 6.07) is -0.356. The molecule has 5 nitrogen and oxygen atoms in total. The van der Waals surface area contributed by atoms with E-state index in [0.717, 1.165) is 23.5 Å². The van der Waals surface area contributed by atoms with Crippen molar-refractivity contribution in [2.45, 2.75) is 51.8 Å². The van der Waals surface area contributed by atoms with Gasteiger partial charge in [-0.25, -0.2) is 4.98 Å². The number of aliphatic hydroxyl groups is 1. The van der Waals surface area contributed by atoms with Gasteiger partial charge in [0.2, 0.25) is 0 Å². The molecule has 0 amide bonds. The zero-order chi connectivity index (χ0) is 15.4. The van der Waals surface area contributed by atoms with Crippen LogP contribution in [0, 0.1) is 5.92 Å². The molecule has 1 saturated heterocycles. The molecule has 1 aliphatic rings. The van der Waals surface area contributed by atoms with Crippen molar-refractivity contribution in [2.75, 3.05) is 13.7 Å². The highest BCUT2D eigenvalue weighted by Crippen LogP contribution is 2.23. The first-order valence-corrected chi connectivity index (χ1v) is 8.30. The van der Waals surface area contributed by atoms with Crippen molar-refractivity contribution in [3.8, 4) is 0 Å². The molecule has 0 saturated carbocycles. The Balaban J connectivity index is 1.95. The van der Waals surface area contributed by atoms with E-state index < -0.39 is 6.10 Å². The zero-order valence-electron chi connectivity index (χ0n) is 12.9. The molecule has 0 aromatic carbocycles. The highest BCUT2D eigenvalue weighted by atomic mass is 32.1. The van der Waals surface area contributed by atoms with Gasteiger partial charge in [-0.1, -0.05) is 13.8 Å². The normalized spacial score (nSPS) is 22.9. The van der Waals surface area contributed by atoms with Crippen LogP contribution in [-0.2, 0) is 22.5 Å². The smallest absolute Gasteiger partial charge is 0.323 e. The number of aliphatic hydroxyl groups excluding tert-OH is 1. The summed E-state index contributed by atoms with van der Waals surface area (Å²) < 4.78 is 4.81. The highest BCUT2D eigenvalue weighted by molar-refractivity contribution is 7.09. The molecular formula is C15H24N2O3S. The van der Waals surface area contributed by atoms with E-state index in [-0.39, 0.29) is 12.0 Å². The lowest BCUT2D eigenvalue weighted by Gasteiger charge is -2.20. The Morgan fingerprint density at radius 3 is 3.05 bits per heavy atom. The molecule has 1 N–H and O–H groups in total. The van der Waals surface area contributed by atoms with Crippen LogP contribution in [0.3, 0.4) is 0 Å². The molecule has 0 spiro atoms. The number of aromatic nitrogens is 1. The largest absolute Gasteiger partial charge is 0.468 e. The molecule has 0 aliphatic carbocycles. The second-order valence-electron chi connectivity index (χ2n) is 6.02. The second kappa shape index (κ2) is 7.33. The first kappa shape index (κ1) is 16.4. The third kappa shape index (κ3) is 4.49. The van der Waals surface area contributed by atoms with E-state index in [2.05, 4.69) is 24.2 Å². The minimum Gasteiger partial charge on any atom is -0.468 e. The van der Waals surface area contributed by atoms with Crippen molar-refractivity contribution >= 4 is 17.3 Å². The van der Waals surface area contributed by atoms with Crippen molar-refractivity contribution in [1.82, 2.24) is 9.88 Å². The van der Waals surface area contributed by atoms with Crippen LogP contribution in [0.4, 0.5) is 0 Å². The summed E-state index contributed by atoms with van der Waals surface area (Å²) in [4.78, 5) is 18.3. The first-order chi connectivity index (χ1) is 9.99. The van der Waals surface area contributed by atoms with Crippen LogP contribution >= 0.6 is 11.3 Å². The first-order valence-electron chi connectivity index (χ1n) is 7.42. The van der Waals surface area contributed by atoms with E-state index in [1.807, 2.05) is 4.90 Å². The molecule has 118 valence electrons. The van der Waals surface area contributed by atoms with Crippen LogP contribution in [0.5, 0.6) is 0 Å². The number of thiazole rings is 1. The van der Waals surface area contributed by atoms with Gasteiger partial charge in [0, 0.05) is 24.9 Å². The molecule has 0 radical (unpaired) electrons. The van der Waals surface area contributed by atoms with Gasteiger partial charge in [-0.15, -0.1) is 11.3 Å². The maximum atomic E-state index is 11.8. The van der Waals surface area contributed by atoms with Crippen molar-refractivity contribution in [3.63, 3.8) is 0 Å². The van der Waals surface area contributed by atoms with Crippen LogP contribution in [0.2, 0.25) is 0 Å². The Morgan fingerprint density at radius 2 is 2.38 bits per heavy atom. The Labute approximate surface area is 129 Å². The lowest BCUT2D eigenvalue weighted by Crippen LogP contribution is -2.36. The van der Waals surface area contributed by atoms with Crippen LogP contribution in [0.25, 0.3) is 0 Å². The molecule has 21 heavy (non-hydrogen) atoms. The number of β-amino-alcohol motifs (C(OH)–C–C–N with tert-alkyl or cyclic N) is 1. The van der Waals surface area contributed by atoms with Gasteiger partial charge in [0.15, 0.2) is 0 Å². The van der Waals surface area contributed by atoms with Crippen LogP contribution in [0.1, 0.15) is 37.4 Å². The summed E-state index contributed by atoms with van der Waals surface area (Å²) in [5.74, 6) is 0.400. The molecule has 2 rings (SSSR count). The van der Waals surface area contributed by atoms with E-state index in [0.29, 0.717) is 25.4 Å². The summed E-state index contributed by atoms with van der Waals surface area (Å²) in [5.41, 5.74) is 0.974. The molecule has 1 aliphatic heterocycles. The maximum absolute atomic E-state index is 11.8. The minimum absolute atomic E-state index is 0.276. The van der Waals surface area contributed by atoms with Gasteiger partial charge in [-0.3, -0.25) is 9.69 Å². The Hall–Kier alpha value is -0.980. The van der Waals surface area contributed by atoms with Crippen molar-refractivity contribution in [2.24, 2.45) is 5.92 Å². The number of esters is 1. The van der Waals surface area contributed by atoms with Gasteiger partial charge >= 0.3 is 5.97 Å². The second-order valence-corrected chi connectivity index (χ2v) is 6.97. The third-order valence-corrected chi connectivity index (χ3v) is 4.71. The Morgan fingerprint density at radius 1 is 1.62 bits per heavy atom. The summed E-state index contributed by atoms with van der Waals surface area (Å²) >= 11 is 1.67. The lowest BCUT2D eigenvalue weighted by molar-refractivity contribution is -0.146. The zero-order valence-corrected chi connectivity index (χ0v) is 13.7. The number of rotatable bonds is 6. The molecule has 6 heteroatoms. The number of carbonyl (C=O) groups is 1. The number of hydrogen-bond donors (Lipinski definition) is 1. The van der Waals surface area contributed by atoms with E-state index in [4.69, 9.17) is 4.74 Å². The van der Waals surface area contributed by atoms with Crippen molar-refractivity contribution in [3.05, 3.63) is 16.1 Å². The highest BCUT2D eigenvalue weighted by Gasteiger charge is 2.36. The predicted octanol–water partition coefficient (Wildman–Crippen LogP) is 1.84. The minimum atomic E-state index is -0.465. The Bertz CT molecular complexity index is 475. The quantitative estimate of drug-likeness (QED) is 0.812. The van der Waals surface area contributed by atoms with Gasteiger partial charge in [0.25, 0.3) is 0 Å². The summed E-state index contributed by atoms with van der Waals surface area (Å²) in [6.07, 6.45) is 2.12. The fourth-order valence-corrected chi connectivity index (χ4v) is 3.40. The number of methoxy groups -OCH3 is 1. The number of aryl methyl sites for hydroxylation is 1. The monoisotopic (exact) mass is 312 g/mol. The topological polar surface area (TPSA) is 62.7 Å². The molecular weight excluding hydrogens is 288 g/mol. The van der Waals surface area contributed by atoms with Gasteiger partial charge in [0.1, 0.15) is 6.04 Å². The van der Waals surface area contributed by atoms with Gasteiger partial charge < -0.3 is 9.84 Å². The number of nitrogens with zero attached hydrogens (tertiary/aromatic N) is 2. The third-order valence-electron chi connectivity index (χ3n) is 3.75. The fourth-order valence-electron chi connectivity index (χ4n) is 2.59.